The van der Waals surface area contributed by atoms with Gasteiger partial charge in [-0.05, 0) is 120 Å². The van der Waals surface area contributed by atoms with Gasteiger partial charge in [0.15, 0.2) is 0 Å². The number of nitrogens with zero attached hydrogens (tertiary/aromatic N) is 8. The Kier molecular flexibility index (Phi) is 13.4. The largest absolute Gasteiger partial charge is 0.594 e. The third-order valence-electron chi connectivity index (χ3n) is 8.38. The predicted molar refractivity (Wildman–Crippen MR) is 226 cm³/mol. The highest BCUT2D eigenvalue weighted by Crippen LogP contribution is 2.30. The van der Waals surface area contributed by atoms with E-state index >= 15 is 0 Å². The second kappa shape index (κ2) is 18.6. The quantitative estimate of drug-likeness (QED) is 0.0260. The van der Waals surface area contributed by atoms with Crippen molar-refractivity contribution in [2.75, 3.05) is 0 Å². The maximum absolute atomic E-state index is 13.0. The molecule has 26 heteroatoms. The molecule has 0 unspecified atom stereocenters. The number of hydrogen-bond acceptors (Lipinski definition) is 16. The van der Waals surface area contributed by atoms with Crippen LogP contribution in [0.3, 0.4) is 0 Å². The molecular formula is C38H28N8O14S4. The third kappa shape index (κ3) is 12.2. The number of rotatable bonds is 14. The molecular weight excluding hydrogens is 921 g/mol. The van der Waals surface area contributed by atoms with Gasteiger partial charge in [-0.25, -0.2) is 0 Å². The lowest BCUT2D eigenvalue weighted by Crippen LogP contribution is -2.03. The van der Waals surface area contributed by atoms with Crippen molar-refractivity contribution >= 4 is 98.1 Å². The van der Waals surface area contributed by atoms with E-state index in [2.05, 4.69) is 30.7 Å². The van der Waals surface area contributed by atoms with Gasteiger partial charge in [0.1, 0.15) is 21.2 Å². The van der Waals surface area contributed by atoms with E-state index in [0.29, 0.717) is 11.4 Å². The molecule has 0 heterocycles. The van der Waals surface area contributed by atoms with Gasteiger partial charge in [-0.1, -0.05) is 21.9 Å². The Morgan fingerprint density at radius 1 is 0.375 bits per heavy atom. The molecule has 328 valence electrons. The zero-order chi connectivity index (χ0) is 46.5. The van der Waals surface area contributed by atoms with Gasteiger partial charge in [0.2, 0.25) is 11.4 Å². The van der Waals surface area contributed by atoms with Crippen LogP contribution in [0.4, 0.5) is 45.5 Å². The molecule has 0 atom stereocenters. The number of benzene rings is 6. The first-order valence-corrected chi connectivity index (χ1v) is 23.3. The lowest BCUT2D eigenvalue weighted by atomic mass is 10.1. The van der Waals surface area contributed by atoms with E-state index in [1.165, 1.54) is 72.8 Å². The molecule has 64 heavy (non-hydrogen) atoms. The summed E-state index contributed by atoms with van der Waals surface area (Å²) in [5.74, 6) is 0. The molecule has 0 bridgehead atoms. The minimum Gasteiger partial charge on any atom is -0.594 e. The molecule has 6 rings (SSSR count). The van der Waals surface area contributed by atoms with Crippen LogP contribution in [0.2, 0.25) is 0 Å². The third-order valence-corrected chi connectivity index (χ3v) is 11.9. The van der Waals surface area contributed by atoms with Crippen LogP contribution in [-0.2, 0) is 40.5 Å². The Bertz CT molecular complexity index is 3140. The summed E-state index contributed by atoms with van der Waals surface area (Å²) in [5.41, 5.74) is 0.248. The topological polar surface area (TPSA) is 344 Å². The average Bonchev–Trinajstić information content (AvgIpc) is 3.24. The van der Waals surface area contributed by atoms with Gasteiger partial charge >= 0.3 is 0 Å². The smallest absolute Gasteiger partial charge is 0.295 e. The summed E-state index contributed by atoms with van der Waals surface area (Å²) in [4.78, 5) is -2.04. The normalized spacial score (nSPS) is 13.3. The molecule has 0 saturated carbocycles. The van der Waals surface area contributed by atoms with Crippen LogP contribution < -0.4 is 0 Å². The van der Waals surface area contributed by atoms with E-state index in [4.69, 9.17) is 9.11 Å². The van der Waals surface area contributed by atoms with Gasteiger partial charge < -0.3 is 10.4 Å². The van der Waals surface area contributed by atoms with Gasteiger partial charge in [0.25, 0.3) is 40.5 Å². The van der Waals surface area contributed by atoms with Gasteiger partial charge in [0.05, 0.1) is 32.5 Å². The molecule has 0 amide bonds. The van der Waals surface area contributed by atoms with E-state index in [1.54, 1.807) is 0 Å². The second-order valence-electron chi connectivity index (χ2n) is 12.8. The fourth-order valence-electron chi connectivity index (χ4n) is 5.28. The fraction of sp³-hybridized carbons (Fsp3) is 0. The molecule has 0 aliphatic rings. The first-order valence-electron chi connectivity index (χ1n) is 17.5. The highest BCUT2D eigenvalue weighted by Gasteiger charge is 2.21. The van der Waals surface area contributed by atoms with Crippen LogP contribution in [0.1, 0.15) is 11.1 Å². The molecule has 0 spiro atoms. The van der Waals surface area contributed by atoms with E-state index in [0.717, 1.165) is 72.8 Å². The highest BCUT2D eigenvalue weighted by atomic mass is 32.2. The molecule has 22 nitrogen and oxygen atoms in total. The molecule has 0 aliphatic carbocycles. The van der Waals surface area contributed by atoms with Crippen molar-refractivity contribution in [1.82, 2.24) is 0 Å². The second-order valence-corrected chi connectivity index (χ2v) is 18.5. The summed E-state index contributed by atoms with van der Waals surface area (Å²) in [6.45, 7) is 0. The molecule has 0 aromatic heterocycles. The van der Waals surface area contributed by atoms with Gasteiger partial charge in [-0.15, -0.1) is 0 Å². The maximum atomic E-state index is 13.0. The van der Waals surface area contributed by atoms with E-state index in [-0.39, 0.29) is 64.8 Å². The van der Waals surface area contributed by atoms with Crippen molar-refractivity contribution in [3.8, 4) is 0 Å². The molecule has 6 aromatic carbocycles. The van der Waals surface area contributed by atoms with E-state index in [9.17, 15) is 53.2 Å². The Labute approximate surface area is 363 Å². The van der Waals surface area contributed by atoms with Crippen LogP contribution in [0.15, 0.2) is 184 Å². The van der Waals surface area contributed by atoms with Crippen molar-refractivity contribution in [1.29, 1.82) is 0 Å². The van der Waals surface area contributed by atoms with Crippen molar-refractivity contribution in [2.24, 2.45) is 30.7 Å². The summed E-state index contributed by atoms with van der Waals surface area (Å²) in [7, 11) is -18.8. The molecule has 0 fully saturated rings. The first-order chi connectivity index (χ1) is 30.0. The van der Waals surface area contributed by atoms with E-state index < -0.39 is 50.3 Å². The standard InChI is InChI=1S/C38H28N8O14S4/c47-45(43-31-9-5-27(6-10-31)39-41-29-13-19-35(20-14-29)61(49,50)51)33-17-3-25(37(23-33)63(55,56)57)1-2-26-4-18-34(24-38(26)64(58,59)60)46(48)44-32-11-7-28(8-12-32)40-42-30-15-21-36(22-16-30)62(52,53)54/h1-24H,(H,49,50,51)(H,52,53,54)(H,55,56,57)(H,58,59,60). The summed E-state index contributed by atoms with van der Waals surface area (Å²) in [6.07, 6.45) is 2.15. The van der Waals surface area contributed by atoms with Crippen molar-refractivity contribution in [3.63, 3.8) is 0 Å². The van der Waals surface area contributed by atoms with Crippen LogP contribution >= 0.6 is 0 Å². The fourth-order valence-corrected chi connectivity index (χ4v) is 7.65. The Hall–Kier alpha value is -7.30. The number of hydrogen-bond donors (Lipinski definition) is 4. The first kappa shape index (κ1) is 46.2. The van der Waals surface area contributed by atoms with Crippen LogP contribution in [-0.4, -0.2) is 61.6 Å². The minimum absolute atomic E-state index is 0.0733. The molecule has 0 radical (unpaired) electrons. The van der Waals surface area contributed by atoms with E-state index in [1.807, 2.05) is 0 Å². The summed E-state index contributed by atoms with van der Waals surface area (Å²) in [6, 6.07) is 27.3. The monoisotopic (exact) mass is 948 g/mol. The van der Waals surface area contributed by atoms with Gasteiger partial charge in [-0.3, -0.25) is 18.2 Å². The maximum Gasteiger partial charge on any atom is 0.295 e. The van der Waals surface area contributed by atoms with Crippen molar-refractivity contribution in [3.05, 3.63) is 155 Å². The van der Waals surface area contributed by atoms with Crippen LogP contribution in [0.5, 0.6) is 0 Å². The predicted octanol–water partition coefficient (Wildman–Crippen LogP) is 9.53. The Morgan fingerprint density at radius 3 is 0.906 bits per heavy atom. The van der Waals surface area contributed by atoms with Crippen LogP contribution in [0, 0.1) is 10.4 Å². The molecule has 0 aliphatic heterocycles. The lowest BCUT2D eigenvalue weighted by molar-refractivity contribution is -0.435. The minimum atomic E-state index is -5.01. The zero-order valence-corrected chi connectivity index (χ0v) is 35.2. The van der Waals surface area contributed by atoms with Gasteiger partial charge in [-0.2, -0.15) is 54.1 Å². The summed E-state index contributed by atoms with van der Waals surface area (Å²) >= 11 is 0. The highest BCUT2D eigenvalue weighted by molar-refractivity contribution is 7.86. The summed E-state index contributed by atoms with van der Waals surface area (Å²) < 4.78 is 133. The van der Waals surface area contributed by atoms with Gasteiger partial charge in [0, 0.05) is 34.5 Å². The van der Waals surface area contributed by atoms with Crippen molar-refractivity contribution in [2.45, 2.75) is 19.6 Å². The number of azo groups is 4. The summed E-state index contributed by atoms with van der Waals surface area (Å²) in [5, 5.41) is 49.5. The Balaban J connectivity index is 1.18. The zero-order valence-electron chi connectivity index (χ0n) is 31.9. The SMILES string of the molecule is O=S(=O)(O)c1ccc(N=Nc2ccc(N=[N+]([O-])c3ccc(C=Cc4ccc([N+]([O-])=Nc5ccc(N=Nc6ccc(S(=O)(=O)O)cc6)cc5)cc4S(=O)(=O)O)c(S(=O)(=O)O)c3)cc2)cc1. The lowest BCUT2D eigenvalue weighted by Gasteiger charge is -2.07. The Morgan fingerprint density at radius 2 is 0.641 bits per heavy atom. The average molecular weight is 949 g/mol. The molecule has 6 aromatic rings. The van der Waals surface area contributed by atoms with Crippen LogP contribution in [0.25, 0.3) is 12.2 Å². The van der Waals surface area contributed by atoms with Crippen molar-refractivity contribution < 1.29 is 61.6 Å². The molecule has 0 saturated heterocycles. The molecule has 4 N–H and O–H groups in total.